The van der Waals surface area contributed by atoms with Gasteiger partial charge in [0.15, 0.2) is 11.0 Å². The predicted octanol–water partition coefficient (Wildman–Crippen LogP) is 5.07. The maximum Gasteiger partial charge on any atom is 0.191 e. The van der Waals surface area contributed by atoms with Crippen molar-refractivity contribution in [3.8, 4) is 17.1 Å². The zero-order chi connectivity index (χ0) is 18.9. The highest BCUT2D eigenvalue weighted by Gasteiger charge is 2.30. The lowest BCUT2D eigenvalue weighted by atomic mass is 10.1. The Labute approximate surface area is 165 Å². The molecule has 5 rings (SSSR count). The number of fused-ring (bicyclic) bond motifs is 1. The van der Waals surface area contributed by atoms with E-state index < -0.39 is 0 Å². The zero-order valence-corrected chi connectivity index (χ0v) is 16.0. The first-order chi connectivity index (χ1) is 13.8. The van der Waals surface area contributed by atoms with Crippen molar-refractivity contribution in [1.82, 2.24) is 19.7 Å². The third kappa shape index (κ3) is 3.38. The SMILES string of the molecule is Fc1ccc(OCCSc2nnc(-c3c[nH]c4ccccc34)n2C2CC2)cc1. The minimum absolute atomic E-state index is 0.260. The third-order valence-electron chi connectivity index (χ3n) is 4.80. The van der Waals surface area contributed by atoms with Crippen LogP contribution in [0.25, 0.3) is 22.3 Å². The van der Waals surface area contributed by atoms with Crippen LogP contribution in [0.5, 0.6) is 5.75 Å². The molecule has 1 N–H and O–H groups in total. The molecule has 0 radical (unpaired) electrons. The van der Waals surface area contributed by atoms with Crippen LogP contribution in [0.1, 0.15) is 18.9 Å². The average molecular weight is 394 g/mol. The molecule has 28 heavy (non-hydrogen) atoms. The van der Waals surface area contributed by atoms with Gasteiger partial charge in [0.05, 0.1) is 6.61 Å². The number of hydrogen-bond acceptors (Lipinski definition) is 4. The number of benzene rings is 2. The lowest BCUT2D eigenvalue weighted by Gasteiger charge is -2.09. The van der Waals surface area contributed by atoms with Crippen LogP contribution < -0.4 is 4.74 Å². The van der Waals surface area contributed by atoms with Crippen LogP contribution in [0.3, 0.4) is 0 Å². The molecular weight excluding hydrogens is 375 g/mol. The minimum atomic E-state index is -0.260. The second-order valence-electron chi connectivity index (χ2n) is 6.81. The van der Waals surface area contributed by atoms with Gasteiger partial charge in [-0.2, -0.15) is 0 Å². The molecule has 1 saturated carbocycles. The summed E-state index contributed by atoms with van der Waals surface area (Å²) in [4.78, 5) is 3.32. The van der Waals surface area contributed by atoms with Crippen molar-refractivity contribution in [2.24, 2.45) is 0 Å². The smallest absolute Gasteiger partial charge is 0.191 e. The maximum atomic E-state index is 13.0. The van der Waals surface area contributed by atoms with Crippen molar-refractivity contribution in [3.63, 3.8) is 0 Å². The highest BCUT2D eigenvalue weighted by Crippen LogP contribution is 2.42. The van der Waals surface area contributed by atoms with Crippen LogP contribution in [0.4, 0.5) is 4.39 Å². The molecule has 2 aromatic heterocycles. The van der Waals surface area contributed by atoms with E-state index in [1.165, 1.54) is 12.1 Å². The predicted molar refractivity (Wildman–Crippen MR) is 108 cm³/mol. The third-order valence-corrected chi connectivity index (χ3v) is 5.71. The summed E-state index contributed by atoms with van der Waals surface area (Å²) in [6.45, 7) is 0.524. The summed E-state index contributed by atoms with van der Waals surface area (Å²) < 4.78 is 20.9. The average Bonchev–Trinajstić information content (AvgIpc) is 3.33. The fraction of sp³-hybridized carbons (Fsp3) is 0.238. The molecule has 0 aliphatic heterocycles. The molecule has 0 atom stereocenters. The van der Waals surface area contributed by atoms with Crippen LogP contribution in [-0.4, -0.2) is 32.1 Å². The number of nitrogens with zero attached hydrogens (tertiary/aromatic N) is 3. The number of ether oxygens (including phenoxy) is 1. The van der Waals surface area contributed by atoms with Crippen molar-refractivity contribution in [3.05, 3.63) is 60.5 Å². The second-order valence-corrected chi connectivity index (χ2v) is 7.87. The van der Waals surface area contributed by atoms with Gasteiger partial charge in [-0.05, 0) is 43.2 Å². The van der Waals surface area contributed by atoms with Gasteiger partial charge in [0.2, 0.25) is 0 Å². The van der Waals surface area contributed by atoms with Gasteiger partial charge in [0.25, 0.3) is 0 Å². The molecule has 1 aliphatic carbocycles. The number of thioether (sulfide) groups is 1. The Hall–Kier alpha value is -2.80. The Kier molecular flexibility index (Phi) is 4.52. The van der Waals surface area contributed by atoms with Gasteiger partial charge >= 0.3 is 0 Å². The molecule has 0 unspecified atom stereocenters. The molecular formula is C21H19FN4OS. The monoisotopic (exact) mass is 394 g/mol. The zero-order valence-electron chi connectivity index (χ0n) is 15.1. The Morgan fingerprint density at radius 1 is 1.11 bits per heavy atom. The molecule has 7 heteroatoms. The molecule has 4 aromatic rings. The van der Waals surface area contributed by atoms with E-state index in [0.29, 0.717) is 18.4 Å². The fourth-order valence-electron chi connectivity index (χ4n) is 3.30. The Bertz CT molecular complexity index is 1100. The topological polar surface area (TPSA) is 55.7 Å². The number of para-hydroxylation sites is 1. The largest absolute Gasteiger partial charge is 0.493 e. The Morgan fingerprint density at radius 3 is 2.75 bits per heavy atom. The summed E-state index contributed by atoms with van der Waals surface area (Å²) in [5, 5.41) is 11.0. The van der Waals surface area contributed by atoms with E-state index in [4.69, 9.17) is 4.74 Å². The number of rotatable bonds is 7. The van der Waals surface area contributed by atoms with Crippen molar-refractivity contribution in [2.75, 3.05) is 12.4 Å². The van der Waals surface area contributed by atoms with E-state index in [9.17, 15) is 4.39 Å². The van der Waals surface area contributed by atoms with Gasteiger partial charge in [-0.15, -0.1) is 10.2 Å². The van der Waals surface area contributed by atoms with E-state index in [2.05, 4.69) is 31.9 Å². The van der Waals surface area contributed by atoms with Gasteiger partial charge in [-0.25, -0.2) is 4.39 Å². The van der Waals surface area contributed by atoms with Gasteiger partial charge in [0.1, 0.15) is 11.6 Å². The van der Waals surface area contributed by atoms with Crippen LogP contribution in [0.15, 0.2) is 59.9 Å². The minimum Gasteiger partial charge on any atom is -0.493 e. The molecule has 0 spiro atoms. The van der Waals surface area contributed by atoms with Crippen molar-refractivity contribution in [2.45, 2.75) is 24.0 Å². The Morgan fingerprint density at radius 2 is 1.93 bits per heavy atom. The number of hydrogen-bond donors (Lipinski definition) is 1. The lowest BCUT2D eigenvalue weighted by Crippen LogP contribution is -2.03. The van der Waals surface area contributed by atoms with Crippen molar-refractivity contribution < 1.29 is 9.13 Å². The van der Waals surface area contributed by atoms with Crippen LogP contribution >= 0.6 is 11.8 Å². The quantitative estimate of drug-likeness (QED) is 0.351. The molecule has 1 fully saturated rings. The molecule has 5 nitrogen and oxygen atoms in total. The van der Waals surface area contributed by atoms with Gasteiger partial charge in [-0.3, -0.25) is 4.57 Å². The van der Waals surface area contributed by atoms with Crippen molar-refractivity contribution >= 4 is 22.7 Å². The number of aromatic amines is 1. The molecule has 0 saturated heterocycles. The fourth-order valence-corrected chi connectivity index (χ4v) is 4.12. The molecule has 0 bridgehead atoms. The van der Waals surface area contributed by atoms with E-state index in [1.54, 1.807) is 23.9 Å². The second kappa shape index (κ2) is 7.31. The normalized spacial score (nSPS) is 13.9. The highest BCUT2D eigenvalue weighted by molar-refractivity contribution is 7.99. The molecule has 1 aliphatic rings. The first-order valence-corrected chi connectivity index (χ1v) is 10.3. The summed E-state index contributed by atoms with van der Waals surface area (Å²) in [5.74, 6) is 2.08. The summed E-state index contributed by atoms with van der Waals surface area (Å²) in [6.07, 6.45) is 4.33. The first kappa shape index (κ1) is 17.3. The summed E-state index contributed by atoms with van der Waals surface area (Å²) >= 11 is 1.64. The van der Waals surface area contributed by atoms with E-state index in [0.717, 1.165) is 46.0 Å². The van der Waals surface area contributed by atoms with E-state index in [1.807, 2.05) is 18.3 Å². The number of aromatic nitrogens is 4. The van der Waals surface area contributed by atoms with Crippen LogP contribution in [0.2, 0.25) is 0 Å². The van der Waals surface area contributed by atoms with Crippen molar-refractivity contribution in [1.29, 1.82) is 0 Å². The number of halogens is 1. The highest BCUT2D eigenvalue weighted by atomic mass is 32.2. The van der Waals surface area contributed by atoms with E-state index >= 15 is 0 Å². The van der Waals surface area contributed by atoms with Crippen LogP contribution in [-0.2, 0) is 0 Å². The summed E-state index contributed by atoms with van der Waals surface area (Å²) in [5.41, 5.74) is 2.19. The van der Waals surface area contributed by atoms with E-state index in [-0.39, 0.29) is 5.82 Å². The van der Waals surface area contributed by atoms with Gasteiger partial charge < -0.3 is 9.72 Å². The van der Waals surface area contributed by atoms with Gasteiger partial charge in [-0.1, -0.05) is 30.0 Å². The standard InChI is InChI=1S/C21H19FN4OS/c22-14-5-9-16(10-6-14)27-11-12-28-21-25-24-20(26(21)15-7-8-15)18-13-23-19-4-2-1-3-17(18)19/h1-6,9-10,13,15,23H,7-8,11-12H2. The molecule has 142 valence electrons. The summed E-state index contributed by atoms with van der Waals surface area (Å²) in [7, 11) is 0. The number of H-pyrrole nitrogens is 1. The number of nitrogens with one attached hydrogen (secondary N) is 1. The Balaban J connectivity index is 1.32. The molecule has 2 heterocycles. The van der Waals surface area contributed by atoms with Gasteiger partial charge in [0, 0.05) is 34.5 Å². The van der Waals surface area contributed by atoms with Crippen LogP contribution in [0, 0.1) is 5.82 Å². The lowest BCUT2D eigenvalue weighted by molar-refractivity contribution is 0.343. The molecule has 0 amide bonds. The maximum absolute atomic E-state index is 13.0. The summed E-state index contributed by atoms with van der Waals surface area (Å²) in [6, 6.07) is 14.8. The first-order valence-electron chi connectivity index (χ1n) is 9.32. The molecule has 2 aromatic carbocycles.